The van der Waals surface area contributed by atoms with Crippen LogP contribution in [-0.4, -0.2) is 11.2 Å². The third-order valence-electron chi connectivity index (χ3n) is 3.59. The maximum atomic E-state index is 9.91. The fraction of sp³-hybridized carbons (Fsp3) is 1.00. The second-order valence-corrected chi connectivity index (χ2v) is 4.89. The molecule has 1 unspecified atom stereocenters. The van der Waals surface area contributed by atoms with Crippen LogP contribution in [0.25, 0.3) is 0 Å². The molecule has 1 N–H and O–H groups in total. The van der Waals surface area contributed by atoms with Crippen LogP contribution >= 0.6 is 0 Å². The molecular formula is C11H22O. The molecule has 1 rings (SSSR count). The van der Waals surface area contributed by atoms with Crippen molar-refractivity contribution in [2.24, 2.45) is 11.3 Å². The Morgan fingerprint density at radius 2 is 2.00 bits per heavy atom. The van der Waals surface area contributed by atoms with Crippen LogP contribution < -0.4 is 0 Å². The van der Waals surface area contributed by atoms with E-state index in [1.165, 1.54) is 19.3 Å². The van der Waals surface area contributed by atoms with Crippen LogP contribution in [0.5, 0.6) is 0 Å². The molecule has 0 aliphatic heterocycles. The van der Waals surface area contributed by atoms with E-state index in [0.29, 0.717) is 0 Å². The average molecular weight is 170 g/mol. The van der Waals surface area contributed by atoms with Crippen LogP contribution in [0.1, 0.15) is 52.9 Å². The first-order valence-corrected chi connectivity index (χ1v) is 5.24. The van der Waals surface area contributed by atoms with Crippen molar-refractivity contribution in [3.05, 3.63) is 0 Å². The topological polar surface area (TPSA) is 20.2 Å². The second kappa shape index (κ2) is 3.78. The van der Waals surface area contributed by atoms with Gasteiger partial charge in [-0.3, -0.25) is 0 Å². The molecular weight excluding hydrogens is 148 g/mol. The molecule has 1 aliphatic carbocycles. The first-order chi connectivity index (χ1) is 5.56. The van der Waals surface area contributed by atoms with E-state index in [2.05, 4.69) is 20.8 Å². The number of hydrogen-bond acceptors (Lipinski definition) is 1. The lowest BCUT2D eigenvalue weighted by Gasteiger charge is -2.35. The van der Waals surface area contributed by atoms with Crippen molar-refractivity contribution in [1.29, 1.82) is 0 Å². The summed E-state index contributed by atoms with van der Waals surface area (Å²) in [7, 11) is 0. The molecule has 1 aliphatic rings. The fourth-order valence-corrected chi connectivity index (χ4v) is 1.60. The third kappa shape index (κ3) is 2.22. The van der Waals surface area contributed by atoms with Gasteiger partial charge in [0.25, 0.3) is 0 Å². The Labute approximate surface area is 76.2 Å². The van der Waals surface area contributed by atoms with Gasteiger partial charge in [0.15, 0.2) is 0 Å². The van der Waals surface area contributed by atoms with Crippen LogP contribution in [0.4, 0.5) is 0 Å². The van der Waals surface area contributed by atoms with Gasteiger partial charge in [0.05, 0.1) is 6.10 Å². The van der Waals surface area contributed by atoms with Crippen molar-refractivity contribution < 1.29 is 5.11 Å². The molecule has 0 saturated heterocycles. The van der Waals surface area contributed by atoms with E-state index in [0.717, 1.165) is 18.8 Å². The minimum atomic E-state index is -0.0900. The Kier molecular flexibility index (Phi) is 3.16. The first-order valence-electron chi connectivity index (χ1n) is 5.24. The number of rotatable bonds is 4. The Bertz CT molecular complexity index is 136. The van der Waals surface area contributed by atoms with Crippen molar-refractivity contribution in [1.82, 2.24) is 0 Å². The summed E-state index contributed by atoms with van der Waals surface area (Å²) >= 11 is 0. The zero-order valence-corrected chi connectivity index (χ0v) is 8.64. The van der Waals surface area contributed by atoms with E-state index in [1.807, 2.05) is 0 Å². The van der Waals surface area contributed by atoms with Gasteiger partial charge in [0.2, 0.25) is 0 Å². The predicted molar refractivity (Wildman–Crippen MR) is 52.0 cm³/mol. The van der Waals surface area contributed by atoms with E-state index in [-0.39, 0.29) is 11.5 Å². The molecule has 72 valence electrons. The standard InChI is InChI=1S/C11H22O/c1-4-11(2,3)10(12)8-9-6-5-7-9/h9-10,12H,4-8H2,1-3H3. The van der Waals surface area contributed by atoms with Crippen LogP contribution in [0.2, 0.25) is 0 Å². The smallest absolute Gasteiger partial charge is 0.0593 e. The molecule has 0 aromatic heterocycles. The van der Waals surface area contributed by atoms with Crippen molar-refractivity contribution in [3.8, 4) is 0 Å². The Hall–Kier alpha value is -0.0400. The minimum absolute atomic E-state index is 0.0900. The van der Waals surface area contributed by atoms with E-state index in [4.69, 9.17) is 0 Å². The maximum Gasteiger partial charge on any atom is 0.0593 e. The molecule has 12 heavy (non-hydrogen) atoms. The molecule has 0 heterocycles. The molecule has 1 heteroatoms. The van der Waals surface area contributed by atoms with Crippen molar-refractivity contribution in [2.75, 3.05) is 0 Å². The van der Waals surface area contributed by atoms with E-state index in [9.17, 15) is 5.11 Å². The van der Waals surface area contributed by atoms with Gasteiger partial charge in [0.1, 0.15) is 0 Å². The van der Waals surface area contributed by atoms with E-state index in [1.54, 1.807) is 0 Å². The number of hydrogen-bond donors (Lipinski definition) is 1. The molecule has 0 aromatic carbocycles. The highest BCUT2D eigenvalue weighted by atomic mass is 16.3. The van der Waals surface area contributed by atoms with E-state index < -0.39 is 0 Å². The third-order valence-corrected chi connectivity index (χ3v) is 3.59. The highest BCUT2D eigenvalue weighted by Crippen LogP contribution is 2.36. The Balaban J connectivity index is 2.30. The van der Waals surface area contributed by atoms with Gasteiger partial charge in [-0.25, -0.2) is 0 Å². The van der Waals surface area contributed by atoms with Gasteiger partial charge in [-0.2, -0.15) is 0 Å². The van der Waals surface area contributed by atoms with Crippen LogP contribution in [0, 0.1) is 11.3 Å². The molecule has 1 nitrogen and oxygen atoms in total. The van der Waals surface area contributed by atoms with Crippen molar-refractivity contribution in [3.63, 3.8) is 0 Å². The second-order valence-electron chi connectivity index (χ2n) is 4.89. The largest absolute Gasteiger partial charge is 0.393 e. The predicted octanol–water partition coefficient (Wildman–Crippen LogP) is 2.97. The monoisotopic (exact) mass is 170 g/mol. The minimum Gasteiger partial charge on any atom is -0.393 e. The van der Waals surface area contributed by atoms with Crippen molar-refractivity contribution >= 4 is 0 Å². The molecule has 0 amide bonds. The highest BCUT2D eigenvalue weighted by Gasteiger charge is 2.30. The van der Waals surface area contributed by atoms with Gasteiger partial charge >= 0.3 is 0 Å². The molecule has 0 bridgehead atoms. The summed E-state index contributed by atoms with van der Waals surface area (Å²) in [4.78, 5) is 0. The first kappa shape index (κ1) is 10.0. The lowest BCUT2D eigenvalue weighted by Crippen LogP contribution is -2.32. The zero-order chi connectivity index (χ0) is 9.19. The normalized spacial score (nSPS) is 22.0. The van der Waals surface area contributed by atoms with Gasteiger partial charge < -0.3 is 5.11 Å². The lowest BCUT2D eigenvalue weighted by molar-refractivity contribution is 0.0164. The summed E-state index contributed by atoms with van der Waals surface area (Å²) in [5.74, 6) is 0.825. The number of aliphatic hydroxyl groups is 1. The Morgan fingerprint density at radius 3 is 2.33 bits per heavy atom. The fourth-order valence-electron chi connectivity index (χ4n) is 1.60. The van der Waals surface area contributed by atoms with Crippen LogP contribution in [0.3, 0.4) is 0 Å². The van der Waals surface area contributed by atoms with Crippen molar-refractivity contribution in [2.45, 2.75) is 59.0 Å². The Morgan fingerprint density at radius 1 is 1.42 bits per heavy atom. The van der Waals surface area contributed by atoms with Gasteiger partial charge in [0, 0.05) is 0 Å². The molecule has 0 spiro atoms. The summed E-state index contributed by atoms with van der Waals surface area (Å²) < 4.78 is 0. The van der Waals surface area contributed by atoms with Gasteiger partial charge in [-0.15, -0.1) is 0 Å². The lowest BCUT2D eigenvalue weighted by atomic mass is 9.74. The molecule has 1 saturated carbocycles. The summed E-state index contributed by atoms with van der Waals surface area (Å²) in [5.41, 5.74) is 0.121. The number of aliphatic hydroxyl groups excluding tert-OH is 1. The quantitative estimate of drug-likeness (QED) is 0.687. The summed E-state index contributed by atoms with van der Waals surface area (Å²) in [6, 6.07) is 0. The summed E-state index contributed by atoms with van der Waals surface area (Å²) in [5, 5.41) is 9.91. The van der Waals surface area contributed by atoms with E-state index >= 15 is 0 Å². The SMILES string of the molecule is CCC(C)(C)C(O)CC1CCC1. The maximum absolute atomic E-state index is 9.91. The average Bonchev–Trinajstić information content (AvgIpc) is 1.96. The zero-order valence-electron chi connectivity index (χ0n) is 8.64. The molecule has 0 radical (unpaired) electrons. The molecule has 1 fully saturated rings. The summed E-state index contributed by atoms with van der Waals surface area (Å²) in [6.07, 6.45) is 6.08. The molecule has 0 aromatic rings. The summed E-state index contributed by atoms with van der Waals surface area (Å²) in [6.45, 7) is 6.48. The molecule has 1 atom stereocenters. The van der Waals surface area contributed by atoms with Crippen LogP contribution in [-0.2, 0) is 0 Å². The van der Waals surface area contributed by atoms with Gasteiger partial charge in [-0.05, 0) is 24.2 Å². The van der Waals surface area contributed by atoms with Crippen LogP contribution in [0.15, 0.2) is 0 Å². The van der Waals surface area contributed by atoms with Gasteiger partial charge in [-0.1, -0.05) is 40.0 Å². The highest BCUT2D eigenvalue weighted by molar-refractivity contribution is 4.81.